The number of pyridine rings is 2. The molecule has 8 heteroatoms. The molecule has 0 radical (unpaired) electrons. The zero-order chi connectivity index (χ0) is 20.9. The van der Waals surface area contributed by atoms with Crippen LogP contribution in [0, 0.1) is 5.92 Å². The minimum absolute atomic E-state index is 0.140. The number of rotatable bonds is 5. The number of nitrogens with two attached hydrogens (primary N) is 1. The summed E-state index contributed by atoms with van der Waals surface area (Å²) in [5.41, 5.74) is 6.66. The highest BCUT2D eigenvalue weighted by Crippen LogP contribution is 2.24. The number of aromatic nitrogens is 2. The van der Waals surface area contributed by atoms with Crippen LogP contribution in [-0.2, 0) is 4.79 Å². The predicted octanol–water partition coefficient (Wildman–Crippen LogP) is 2.42. The van der Waals surface area contributed by atoms with Gasteiger partial charge in [0.1, 0.15) is 11.6 Å². The number of piperidine rings is 2. The van der Waals surface area contributed by atoms with Gasteiger partial charge in [-0.1, -0.05) is 0 Å². The van der Waals surface area contributed by atoms with E-state index >= 15 is 0 Å². The fourth-order valence-corrected chi connectivity index (χ4v) is 4.19. The predicted molar refractivity (Wildman–Crippen MR) is 117 cm³/mol. The van der Waals surface area contributed by atoms with Crippen molar-refractivity contribution in [3.63, 3.8) is 0 Å². The first-order valence-corrected chi connectivity index (χ1v) is 10.6. The van der Waals surface area contributed by atoms with Gasteiger partial charge in [0.05, 0.1) is 23.4 Å². The number of primary amides is 1. The Labute approximate surface area is 176 Å². The number of carbonyl (C=O) groups is 2. The Kier molecular flexibility index (Phi) is 6.11. The molecule has 8 nitrogen and oxygen atoms in total. The molecular weight excluding hydrogens is 380 g/mol. The van der Waals surface area contributed by atoms with Gasteiger partial charge in [-0.2, -0.15) is 0 Å². The molecule has 1 unspecified atom stereocenters. The van der Waals surface area contributed by atoms with Crippen molar-refractivity contribution < 1.29 is 9.59 Å². The quantitative estimate of drug-likeness (QED) is 0.787. The zero-order valence-corrected chi connectivity index (χ0v) is 17.1. The van der Waals surface area contributed by atoms with E-state index in [1.54, 1.807) is 18.5 Å². The first-order chi connectivity index (χ1) is 14.6. The van der Waals surface area contributed by atoms with Crippen molar-refractivity contribution in [2.24, 2.45) is 11.7 Å². The van der Waals surface area contributed by atoms with Crippen LogP contribution in [0.4, 0.5) is 17.3 Å². The summed E-state index contributed by atoms with van der Waals surface area (Å²) < 4.78 is 0. The maximum absolute atomic E-state index is 12.9. The summed E-state index contributed by atoms with van der Waals surface area (Å²) in [5, 5.41) is 2.93. The van der Waals surface area contributed by atoms with Gasteiger partial charge in [-0.15, -0.1) is 0 Å². The van der Waals surface area contributed by atoms with Crippen LogP contribution in [-0.4, -0.2) is 48.0 Å². The van der Waals surface area contributed by atoms with Crippen LogP contribution in [0.15, 0.2) is 36.7 Å². The molecule has 158 valence electrons. The van der Waals surface area contributed by atoms with Gasteiger partial charge >= 0.3 is 0 Å². The van der Waals surface area contributed by atoms with Crippen molar-refractivity contribution in [1.82, 2.24) is 9.97 Å². The first kappa shape index (κ1) is 20.1. The largest absolute Gasteiger partial charge is 0.369 e. The van der Waals surface area contributed by atoms with Crippen LogP contribution in [0.2, 0.25) is 0 Å². The number of amides is 2. The molecule has 2 aromatic rings. The van der Waals surface area contributed by atoms with Gasteiger partial charge in [0.15, 0.2) is 0 Å². The molecule has 2 fully saturated rings. The van der Waals surface area contributed by atoms with E-state index in [9.17, 15) is 9.59 Å². The molecule has 2 saturated heterocycles. The monoisotopic (exact) mass is 408 g/mol. The second kappa shape index (κ2) is 9.11. The summed E-state index contributed by atoms with van der Waals surface area (Å²) in [6.45, 7) is 3.28. The van der Waals surface area contributed by atoms with Crippen LogP contribution in [0.3, 0.4) is 0 Å². The summed E-state index contributed by atoms with van der Waals surface area (Å²) in [6.07, 6.45) is 8.58. The van der Waals surface area contributed by atoms with Gasteiger partial charge in [-0.25, -0.2) is 9.97 Å². The number of hydrogen-bond donors (Lipinski definition) is 2. The average Bonchev–Trinajstić information content (AvgIpc) is 2.80. The van der Waals surface area contributed by atoms with Crippen molar-refractivity contribution in [3.05, 3.63) is 42.2 Å². The molecule has 2 aromatic heterocycles. The van der Waals surface area contributed by atoms with Crippen molar-refractivity contribution in [1.29, 1.82) is 0 Å². The Hall–Kier alpha value is -3.16. The Morgan fingerprint density at radius 2 is 1.80 bits per heavy atom. The summed E-state index contributed by atoms with van der Waals surface area (Å²) >= 11 is 0. The SMILES string of the molecule is NC(=O)C1CCCN(c2ccc(NC(=O)c3cccnc3N3CCCCC3)cn2)C1. The van der Waals surface area contributed by atoms with Gasteiger partial charge < -0.3 is 20.9 Å². The molecule has 2 aliphatic heterocycles. The first-order valence-electron chi connectivity index (χ1n) is 10.6. The summed E-state index contributed by atoms with van der Waals surface area (Å²) in [7, 11) is 0. The van der Waals surface area contributed by atoms with Crippen molar-refractivity contribution in [3.8, 4) is 0 Å². The molecule has 4 rings (SSSR count). The maximum Gasteiger partial charge on any atom is 0.259 e. The zero-order valence-electron chi connectivity index (χ0n) is 17.1. The van der Waals surface area contributed by atoms with Crippen molar-refractivity contribution in [2.45, 2.75) is 32.1 Å². The normalized spacial score (nSPS) is 19.4. The molecule has 0 aliphatic carbocycles. The van der Waals surface area contributed by atoms with Gasteiger partial charge in [-0.05, 0) is 56.4 Å². The highest BCUT2D eigenvalue weighted by molar-refractivity contribution is 6.07. The Balaban J connectivity index is 1.44. The minimum Gasteiger partial charge on any atom is -0.369 e. The fourth-order valence-electron chi connectivity index (χ4n) is 4.19. The highest BCUT2D eigenvalue weighted by atomic mass is 16.2. The maximum atomic E-state index is 12.9. The number of nitrogens with one attached hydrogen (secondary N) is 1. The molecule has 30 heavy (non-hydrogen) atoms. The second-order valence-corrected chi connectivity index (χ2v) is 7.97. The molecular formula is C22H28N6O2. The molecule has 1 atom stereocenters. The lowest BCUT2D eigenvalue weighted by molar-refractivity contribution is -0.122. The van der Waals surface area contributed by atoms with Crippen LogP contribution in [0.5, 0.6) is 0 Å². The molecule has 2 aliphatic rings. The third-order valence-electron chi connectivity index (χ3n) is 5.84. The summed E-state index contributed by atoms with van der Waals surface area (Å²) in [6, 6.07) is 7.31. The number of hydrogen-bond acceptors (Lipinski definition) is 6. The number of anilines is 3. The van der Waals surface area contributed by atoms with Gasteiger partial charge in [0.2, 0.25) is 5.91 Å². The molecule has 0 aromatic carbocycles. The van der Waals surface area contributed by atoms with E-state index in [-0.39, 0.29) is 17.7 Å². The smallest absolute Gasteiger partial charge is 0.259 e. The fraction of sp³-hybridized carbons (Fsp3) is 0.455. The topological polar surface area (TPSA) is 104 Å². The van der Waals surface area contributed by atoms with Crippen molar-refractivity contribution >= 4 is 29.1 Å². The third kappa shape index (κ3) is 4.53. The van der Waals surface area contributed by atoms with E-state index in [1.165, 1.54) is 6.42 Å². The van der Waals surface area contributed by atoms with Crippen LogP contribution < -0.4 is 20.9 Å². The number of nitrogens with zero attached hydrogens (tertiary/aromatic N) is 4. The standard InChI is InChI=1S/C22H28N6O2/c23-20(29)16-6-5-13-28(15-16)19-9-8-17(14-25-19)26-22(30)18-7-4-10-24-21(18)27-11-2-1-3-12-27/h4,7-10,14,16H,1-3,5-6,11-13,15H2,(H2,23,29)(H,26,30). The molecule has 0 saturated carbocycles. The lowest BCUT2D eigenvalue weighted by Crippen LogP contribution is -2.41. The Morgan fingerprint density at radius 1 is 1.00 bits per heavy atom. The van der Waals surface area contributed by atoms with E-state index in [2.05, 4.69) is 25.1 Å². The second-order valence-electron chi connectivity index (χ2n) is 7.97. The lowest BCUT2D eigenvalue weighted by atomic mass is 9.97. The van der Waals surface area contributed by atoms with Crippen LogP contribution in [0.25, 0.3) is 0 Å². The summed E-state index contributed by atoms with van der Waals surface area (Å²) in [5.74, 6) is 0.938. The van der Waals surface area contributed by atoms with Gasteiger partial charge in [0.25, 0.3) is 5.91 Å². The van der Waals surface area contributed by atoms with Crippen molar-refractivity contribution in [2.75, 3.05) is 41.3 Å². The van der Waals surface area contributed by atoms with Gasteiger partial charge in [0, 0.05) is 32.4 Å². The molecule has 0 spiro atoms. The highest BCUT2D eigenvalue weighted by Gasteiger charge is 2.25. The molecule has 3 N–H and O–H groups in total. The minimum atomic E-state index is -0.260. The van der Waals surface area contributed by atoms with Crippen LogP contribution >= 0.6 is 0 Å². The average molecular weight is 409 g/mol. The van der Waals surface area contributed by atoms with E-state index in [4.69, 9.17) is 5.73 Å². The van der Waals surface area contributed by atoms with Crippen LogP contribution in [0.1, 0.15) is 42.5 Å². The molecule has 2 amide bonds. The van der Waals surface area contributed by atoms with E-state index < -0.39 is 0 Å². The van der Waals surface area contributed by atoms with E-state index in [1.807, 2.05) is 18.2 Å². The van der Waals surface area contributed by atoms with Gasteiger partial charge in [-0.3, -0.25) is 9.59 Å². The summed E-state index contributed by atoms with van der Waals surface area (Å²) in [4.78, 5) is 37.6. The lowest BCUT2D eigenvalue weighted by Gasteiger charge is -2.32. The Morgan fingerprint density at radius 3 is 2.53 bits per heavy atom. The van der Waals surface area contributed by atoms with E-state index in [0.29, 0.717) is 17.8 Å². The molecule has 4 heterocycles. The number of carbonyl (C=O) groups excluding carboxylic acids is 2. The Bertz CT molecular complexity index is 895. The molecule has 0 bridgehead atoms. The third-order valence-corrected chi connectivity index (χ3v) is 5.84. The van der Waals surface area contributed by atoms with E-state index in [0.717, 1.165) is 57.0 Å².